The molecule has 5 heteroatoms. The van der Waals surface area contributed by atoms with Crippen molar-refractivity contribution in [3.63, 3.8) is 0 Å². The van der Waals surface area contributed by atoms with E-state index in [1.807, 2.05) is 0 Å². The molecule has 1 aromatic carbocycles. The first kappa shape index (κ1) is 25.9. The van der Waals surface area contributed by atoms with Crippen molar-refractivity contribution in [2.45, 2.75) is 109 Å². The van der Waals surface area contributed by atoms with E-state index in [-0.39, 0.29) is 17.6 Å². The average molecular weight is 419 g/mol. The van der Waals surface area contributed by atoms with Crippen molar-refractivity contribution in [2.75, 3.05) is 7.11 Å². The second kappa shape index (κ2) is 14.0. The molecule has 0 N–H and O–H groups in total. The highest BCUT2D eigenvalue weighted by Crippen LogP contribution is 2.30. The van der Waals surface area contributed by atoms with Crippen molar-refractivity contribution in [3.8, 4) is 0 Å². The van der Waals surface area contributed by atoms with Gasteiger partial charge in [0.25, 0.3) is 0 Å². The van der Waals surface area contributed by atoms with Crippen molar-refractivity contribution in [2.24, 2.45) is 0 Å². The lowest BCUT2D eigenvalue weighted by molar-refractivity contribution is -0.0311. The van der Waals surface area contributed by atoms with Crippen LogP contribution in [0.5, 0.6) is 0 Å². The molecule has 0 aromatic heterocycles. The molecule has 1 atom stereocenters. The molecule has 0 aliphatic carbocycles. The summed E-state index contributed by atoms with van der Waals surface area (Å²) in [7, 11) is 1.77. The highest BCUT2D eigenvalue weighted by Gasteiger charge is 2.26. The van der Waals surface area contributed by atoms with Gasteiger partial charge in [0.15, 0.2) is 23.3 Å². The first-order valence-corrected chi connectivity index (χ1v) is 11.3. The predicted octanol–water partition coefficient (Wildman–Crippen LogP) is 8.28. The van der Waals surface area contributed by atoms with Gasteiger partial charge in [0.2, 0.25) is 0 Å². The standard InChI is InChI=1S/C24H38F4O/c1-4-6-7-8-9-10-13-16-24(5-2,29-3)17-14-11-12-15-19-18-20(25)22(27)23(28)21(19)26/h18H,4-17H2,1-3H3. The molecule has 0 bridgehead atoms. The summed E-state index contributed by atoms with van der Waals surface area (Å²) in [6.45, 7) is 4.37. The third-order valence-corrected chi connectivity index (χ3v) is 6.07. The van der Waals surface area contributed by atoms with E-state index in [1.165, 1.54) is 38.5 Å². The smallest absolute Gasteiger partial charge is 0.197 e. The maximum Gasteiger partial charge on any atom is 0.197 e. The molecule has 168 valence electrons. The summed E-state index contributed by atoms with van der Waals surface area (Å²) in [5.41, 5.74) is -0.221. The van der Waals surface area contributed by atoms with Crippen LogP contribution in [-0.2, 0) is 11.2 Å². The summed E-state index contributed by atoms with van der Waals surface area (Å²) in [6.07, 6.45) is 14.3. The van der Waals surface area contributed by atoms with Crippen LogP contribution in [0.2, 0.25) is 0 Å². The van der Waals surface area contributed by atoms with E-state index in [9.17, 15) is 17.6 Å². The highest BCUT2D eigenvalue weighted by atomic mass is 19.2. The fourth-order valence-corrected chi connectivity index (χ4v) is 3.97. The Hall–Kier alpha value is -1.10. The Bertz CT molecular complexity index is 585. The third-order valence-electron chi connectivity index (χ3n) is 6.07. The molecule has 0 amide bonds. The second-order valence-corrected chi connectivity index (χ2v) is 8.13. The average Bonchev–Trinajstić information content (AvgIpc) is 2.73. The van der Waals surface area contributed by atoms with Gasteiger partial charge in [0.05, 0.1) is 5.60 Å². The molecule has 1 unspecified atom stereocenters. The monoisotopic (exact) mass is 418 g/mol. The molecule has 0 fully saturated rings. The molecule has 0 radical (unpaired) electrons. The van der Waals surface area contributed by atoms with Gasteiger partial charge in [-0.2, -0.15) is 0 Å². The topological polar surface area (TPSA) is 9.23 Å². The molecule has 1 aromatic rings. The molecule has 0 spiro atoms. The summed E-state index contributed by atoms with van der Waals surface area (Å²) >= 11 is 0. The molecule has 1 rings (SSSR count). The summed E-state index contributed by atoms with van der Waals surface area (Å²) < 4.78 is 59.2. The number of methoxy groups -OCH3 is 1. The fourth-order valence-electron chi connectivity index (χ4n) is 3.97. The van der Waals surface area contributed by atoms with E-state index in [4.69, 9.17) is 4.74 Å². The number of halogens is 4. The van der Waals surface area contributed by atoms with Crippen LogP contribution in [0.25, 0.3) is 0 Å². The summed E-state index contributed by atoms with van der Waals surface area (Å²) in [5.74, 6) is -6.08. The van der Waals surface area contributed by atoms with Crippen molar-refractivity contribution >= 4 is 0 Å². The first-order chi connectivity index (χ1) is 13.9. The van der Waals surface area contributed by atoms with E-state index in [1.54, 1.807) is 7.11 Å². The lowest BCUT2D eigenvalue weighted by atomic mass is 9.87. The number of rotatable bonds is 16. The number of ether oxygens (including phenoxy) is 1. The predicted molar refractivity (Wildman–Crippen MR) is 111 cm³/mol. The van der Waals surface area contributed by atoms with Crippen LogP contribution >= 0.6 is 0 Å². The zero-order valence-electron chi connectivity index (χ0n) is 18.4. The second-order valence-electron chi connectivity index (χ2n) is 8.13. The summed E-state index contributed by atoms with van der Waals surface area (Å²) in [5, 5.41) is 0. The molecule has 0 aliphatic rings. The minimum absolute atomic E-state index is 0.0991. The van der Waals surface area contributed by atoms with Crippen molar-refractivity contribution in [1.82, 2.24) is 0 Å². The fraction of sp³-hybridized carbons (Fsp3) is 0.750. The van der Waals surface area contributed by atoms with E-state index in [0.29, 0.717) is 6.42 Å². The Balaban J connectivity index is 2.35. The molecule has 0 saturated carbocycles. The maximum atomic E-state index is 13.7. The molecule has 0 aliphatic heterocycles. The van der Waals surface area contributed by atoms with E-state index in [2.05, 4.69) is 13.8 Å². The normalized spacial score (nSPS) is 13.6. The Morgan fingerprint density at radius 1 is 0.724 bits per heavy atom. The van der Waals surface area contributed by atoms with Gasteiger partial charge in [-0.3, -0.25) is 0 Å². The number of aryl methyl sites for hydroxylation is 1. The lowest BCUT2D eigenvalue weighted by Gasteiger charge is -2.32. The Labute approximate surface area is 174 Å². The van der Waals surface area contributed by atoms with Crippen LogP contribution in [0.4, 0.5) is 17.6 Å². The third kappa shape index (κ3) is 8.65. The van der Waals surface area contributed by atoms with Crippen molar-refractivity contribution in [1.29, 1.82) is 0 Å². The van der Waals surface area contributed by atoms with Gasteiger partial charge in [0.1, 0.15) is 0 Å². The Morgan fingerprint density at radius 2 is 1.28 bits per heavy atom. The molecular weight excluding hydrogens is 380 g/mol. The molecule has 1 nitrogen and oxygen atoms in total. The van der Waals surface area contributed by atoms with Crippen LogP contribution in [0.15, 0.2) is 6.07 Å². The number of unbranched alkanes of at least 4 members (excludes halogenated alkanes) is 8. The number of hydrogen-bond donors (Lipinski definition) is 0. The van der Waals surface area contributed by atoms with Crippen LogP contribution in [0.1, 0.15) is 103 Å². The van der Waals surface area contributed by atoms with Gasteiger partial charge >= 0.3 is 0 Å². The molecule has 0 heterocycles. The van der Waals surface area contributed by atoms with E-state index in [0.717, 1.165) is 44.6 Å². The Morgan fingerprint density at radius 3 is 1.83 bits per heavy atom. The first-order valence-electron chi connectivity index (χ1n) is 11.3. The van der Waals surface area contributed by atoms with Gasteiger partial charge in [-0.1, -0.05) is 71.6 Å². The maximum absolute atomic E-state index is 13.7. The minimum atomic E-state index is -1.75. The van der Waals surface area contributed by atoms with Crippen molar-refractivity contribution < 1.29 is 22.3 Å². The van der Waals surface area contributed by atoms with Gasteiger partial charge in [-0.05, 0) is 43.7 Å². The van der Waals surface area contributed by atoms with Crippen LogP contribution < -0.4 is 0 Å². The molecule has 29 heavy (non-hydrogen) atoms. The van der Waals surface area contributed by atoms with E-state index >= 15 is 0 Å². The Kier molecular flexibility index (Phi) is 12.5. The zero-order chi connectivity index (χ0) is 21.7. The number of benzene rings is 1. The van der Waals surface area contributed by atoms with Gasteiger partial charge in [0, 0.05) is 7.11 Å². The lowest BCUT2D eigenvalue weighted by Crippen LogP contribution is -2.30. The van der Waals surface area contributed by atoms with E-state index < -0.39 is 23.3 Å². The summed E-state index contributed by atoms with van der Waals surface area (Å²) in [4.78, 5) is 0. The largest absolute Gasteiger partial charge is 0.378 e. The zero-order valence-corrected chi connectivity index (χ0v) is 18.4. The van der Waals surface area contributed by atoms with Crippen LogP contribution in [-0.4, -0.2) is 12.7 Å². The molecule has 0 saturated heterocycles. The SMILES string of the molecule is CCCCCCCCCC(CC)(CCCCCc1cc(F)c(F)c(F)c1F)OC. The van der Waals surface area contributed by atoms with Crippen LogP contribution in [0, 0.1) is 23.3 Å². The van der Waals surface area contributed by atoms with Gasteiger partial charge < -0.3 is 4.74 Å². The summed E-state index contributed by atoms with van der Waals surface area (Å²) in [6, 6.07) is 0.764. The van der Waals surface area contributed by atoms with Gasteiger partial charge in [-0.25, -0.2) is 17.6 Å². The minimum Gasteiger partial charge on any atom is -0.378 e. The van der Waals surface area contributed by atoms with Gasteiger partial charge in [-0.15, -0.1) is 0 Å². The number of hydrogen-bond acceptors (Lipinski definition) is 1. The molecular formula is C24H38F4O. The highest BCUT2D eigenvalue weighted by molar-refractivity contribution is 5.21. The van der Waals surface area contributed by atoms with Crippen LogP contribution in [0.3, 0.4) is 0 Å². The van der Waals surface area contributed by atoms with Crippen molar-refractivity contribution in [3.05, 3.63) is 34.9 Å². The quantitative estimate of drug-likeness (QED) is 0.114.